The minimum absolute atomic E-state index is 0.0673. The number of hydrogen-bond donors (Lipinski definition) is 2. The van der Waals surface area contributed by atoms with E-state index < -0.39 is 48.6 Å². The van der Waals surface area contributed by atoms with E-state index in [9.17, 15) is 36.8 Å². The van der Waals surface area contributed by atoms with Crippen molar-refractivity contribution in [3.05, 3.63) is 71.6 Å². The zero-order valence-corrected chi connectivity index (χ0v) is 22.2. The molecule has 220 valence electrons. The van der Waals surface area contributed by atoms with E-state index in [0.29, 0.717) is 27.8 Å². The van der Waals surface area contributed by atoms with Crippen LogP contribution in [0.5, 0.6) is 0 Å². The maximum absolute atomic E-state index is 14.0. The molecule has 2 N–H and O–H groups in total. The number of rotatable bonds is 7. The third kappa shape index (κ3) is 6.22. The number of alkyl halides is 5. The number of aromatic nitrogens is 1. The van der Waals surface area contributed by atoms with Crippen LogP contribution in [0.2, 0.25) is 0 Å². The van der Waals surface area contributed by atoms with Crippen LogP contribution in [0.3, 0.4) is 0 Å². The zero-order chi connectivity index (χ0) is 30.2. The van der Waals surface area contributed by atoms with Gasteiger partial charge in [-0.25, -0.2) is 18.6 Å². The van der Waals surface area contributed by atoms with Crippen LogP contribution in [0.4, 0.5) is 26.7 Å². The van der Waals surface area contributed by atoms with Crippen molar-refractivity contribution in [1.82, 2.24) is 20.5 Å². The molecule has 1 saturated carbocycles. The van der Waals surface area contributed by atoms with Crippen molar-refractivity contribution in [3.8, 4) is 6.07 Å². The molecule has 0 spiro atoms. The largest absolute Gasteiger partial charge is 0.438 e. The van der Waals surface area contributed by atoms with Crippen molar-refractivity contribution in [3.63, 3.8) is 0 Å². The first-order valence-electron chi connectivity index (χ1n) is 13.2. The summed E-state index contributed by atoms with van der Waals surface area (Å²) in [4.78, 5) is 30.9. The van der Waals surface area contributed by atoms with Crippen molar-refractivity contribution in [1.29, 1.82) is 5.26 Å². The van der Waals surface area contributed by atoms with E-state index in [1.165, 1.54) is 6.07 Å². The van der Waals surface area contributed by atoms with Crippen molar-refractivity contribution in [2.45, 2.75) is 56.4 Å². The van der Waals surface area contributed by atoms with E-state index in [4.69, 9.17) is 4.42 Å². The summed E-state index contributed by atoms with van der Waals surface area (Å²) in [7, 11) is 0. The highest BCUT2D eigenvalue weighted by Crippen LogP contribution is 2.42. The van der Waals surface area contributed by atoms with E-state index in [1.54, 1.807) is 36.4 Å². The molecule has 1 aromatic heterocycles. The van der Waals surface area contributed by atoms with Crippen LogP contribution >= 0.6 is 0 Å². The number of oxazole rings is 1. The van der Waals surface area contributed by atoms with E-state index >= 15 is 0 Å². The highest BCUT2D eigenvalue weighted by atomic mass is 19.4. The van der Waals surface area contributed by atoms with Crippen LogP contribution in [0.1, 0.15) is 54.3 Å². The van der Waals surface area contributed by atoms with Gasteiger partial charge in [-0.15, -0.1) is 0 Å². The highest BCUT2D eigenvalue weighted by molar-refractivity contribution is 6.18. The van der Waals surface area contributed by atoms with Gasteiger partial charge in [0, 0.05) is 25.0 Å². The monoisotopic (exact) mass is 587 g/mol. The van der Waals surface area contributed by atoms with Crippen molar-refractivity contribution < 1.29 is 36.0 Å². The second-order valence-corrected chi connectivity index (χ2v) is 10.6. The van der Waals surface area contributed by atoms with Crippen LogP contribution in [0.25, 0.3) is 16.7 Å². The molecule has 2 atom stereocenters. The molecule has 3 amide bonds. The fraction of sp³-hybridized carbons (Fsp3) is 0.379. The maximum atomic E-state index is 14.0. The standard InChI is InChI=1S/C29H26F5N5O3/c1-16(20-4-2-3-17(11-20)13-35)25(40)38-24(19-7-9-28(30,31)10-8-19)26-36-21-12-18(5-6-22(21)42-26)14-39-15-23(29(32,33)34)37-27(39)41/h2-6,11-12,19,23-24H,1,7-10,14-15H2,(H,37,41)(H,38,40)/t23-,24-/m0/s1. The Morgan fingerprint density at radius 2 is 1.98 bits per heavy atom. The Balaban J connectivity index is 1.39. The Labute approximate surface area is 237 Å². The summed E-state index contributed by atoms with van der Waals surface area (Å²) in [5.74, 6) is -3.74. The first-order chi connectivity index (χ1) is 19.8. The van der Waals surface area contributed by atoms with Gasteiger partial charge in [0.05, 0.1) is 18.2 Å². The first kappa shape index (κ1) is 29.0. The molecule has 2 fully saturated rings. The van der Waals surface area contributed by atoms with Gasteiger partial charge in [0.2, 0.25) is 11.8 Å². The number of hydrogen-bond acceptors (Lipinski definition) is 5. The Hall–Kier alpha value is -4.47. The van der Waals surface area contributed by atoms with E-state index in [2.05, 4.69) is 16.9 Å². The second kappa shape index (κ2) is 11.1. The van der Waals surface area contributed by atoms with Crippen LogP contribution in [-0.4, -0.2) is 46.5 Å². The van der Waals surface area contributed by atoms with Crippen molar-refractivity contribution >= 4 is 28.6 Å². The smallest absolute Gasteiger partial charge is 0.410 e. The molecule has 1 saturated heterocycles. The molecule has 42 heavy (non-hydrogen) atoms. The minimum atomic E-state index is -4.57. The maximum Gasteiger partial charge on any atom is 0.410 e. The van der Waals surface area contributed by atoms with Gasteiger partial charge in [0.1, 0.15) is 17.6 Å². The number of halogens is 5. The summed E-state index contributed by atoms with van der Waals surface area (Å²) in [5.41, 5.74) is 1.97. The van der Waals surface area contributed by atoms with Crippen molar-refractivity contribution in [2.75, 3.05) is 6.54 Å². The summed E-state index contributed by atoms with van der Waals surface area (Å²) in [5, 5.41) is 13.9. The molecule has 0 unspecified atom stereocenters. The molecule has 2 aromatic carbocycles. The topological polar surface area (TPSA) is 111 Å². The van der Waals surface area contributed by atoms with Gasteiger partial charge in [-0.1, -0.05) is 24.8 Å². The Bertz CT molecular complexity index is 1570. The quantitative estimate of drug-likeness (QED) is 0.266. The summed E-state index contributed by atoms with van der Waals surface area (Å²) >= 11 is 0. The van der Waals surface area contributed by atoms with E-state index in [-0.39, 0.29) is 43.7 Å². The predicted molar refractivity (Wildman–Crippen MR) is 141 cm³/mol. The lowest BCUT2D eigenvalue weighted by molar-refractivity contribution is -0.149. The van der Waals surface area contributed by atoms with Gasteiger partial charge in [0.25, 0.3) is 5.91 Å². The number of carbonyl (C=O) groups is 2. The zero-order valence-electron chi connectivity index (χ0n) is 22.2. The van der Waals surface area contributed by atoms with E-state index in [0.717, 1.165) is 4.90 Å². The predicted octanol–water partition coefficient (Wildman–Crippen LogP) is 5.85. The molecule has 8 nitrogen and oxygen atoms in total. The van der Waals surface area contributed by atoms with Gasteiger partial charge in [-0.05, 0) is 54.2 Å². The molecular weight excluding hydrogens is 561 g/mol. The molecule has 2 aliphatic rings. The molecule has 5 rings (SSSR count). The average molecular weight is 588 g/mol. The summed E-state index contributed by atoms with van der Waals surface area (Å²) < 4.78 is 73.0. The Kier molecular flexibility index (Phi) is 7.66. The van der Waals surface area contributed by atoms with Crippen LogP contribution < -0.4 is 10.6 Å². The molecule has 13 heteroatoms. The lowest BCUT2D eigenvalue weighted by atomic mass is 9.81. The molecule has 0 radical (unpaired) electrons. The minimum Gasteiger partial charge on any atom is -0.438 e. The molecule has 0 bridgehead atoms. The number of urea groups is 1. The number of nitriles is 1. The second-order valence-electron chi connectivity index (χ2n) is 10.6. The van der Waals surface area contributed by atoms with Gasteiger partial charge in [0.15, 0.2) is 5.58 Å². The lowest BCUT2D eigenvalue weighted by Crippen LogP contribution is -2.40. The van der Waals surface area contributed by atoms with Gasteiger partial charge in [-0.2, -0.15) is 18.4 Å². The third-order valence-corrected chi connectivity index (χ3v) is 7.63. The third-order valence-electron chi connectivity index (χ3n) is 7.63. The number of nitrogens with zero attached hydrogens (tertiary/aromatic N) is 3. The number of fused-ring (bicyclic) bond motifs is 1. The fourth-order valence-corrected chi connectivity index (χ4v) is 5.27. The average Bonchev–Trinajstić information content (AvgIpc) is 3.54. The van der Waals surface area contributed by atoms with Gasteiger partial charge >= 0.3 is 12.2 Å². The molecule has 3 aromatic rings. The lowest BCUT2D eigenvalue weighted by Gasteiger charge is -2.32. The number of amides is 3. The van der Waals surface area contributed by atoms with Crippen LogP contribution in [-0.2, 0) is 11.3 Å². The normalized spacial score (nSPS) is 19.8. The van der Waals surface area contributed by atoms with E-state index in [1.807, 2.05) is 11.4 Å². The Morgan fingerprint density at radius 1 is 1.24 bits per heavy atom. The highest BCUT2D eigenvalue weighted by Gasteiger charge is 2.47. The van der Waals surface area contributed by atoms with Gasteiger partial charge < -0.3 is 20.0 Å². The molecule has 2 heterocycles. The SMILES string of the molecule is C=C(C(=O)N[C@H](c1nc2cc(CN3C[C@@H](C(F)(F)F)NC3=O)ccc2o1)C1CCC(F)(F)CC1)c1cccc(C#N)c1. The van der Waals surface area contributed by atoms with Gasteiger partial charge in [-0.3, -0.25) is 4.79 Å². The molecule has 1 aliphatic heterocycles. The summed E-state index contributed by atoms with van der Waals surface area (Å²) in [6.45, 7) is 3.21. The first-order valence-corrected chi connectivity index (χ1v) is 13.2. The summed E-state index contributed by atoms with van der Waals surface area (Å²) in [6.07, 6.45) is -5.10. The molecule has 1 aliphatic carbocycles. The Morgan fingerprint density at radius 3 is 2.64 bits per heavy atom. The van der Waals surface area contributed by atoms with Crippen LogP contribution in [0.15, 0.2) is 53.5 Å². The summed E-state index contributed by atoms with van der Waals surface area (Å²) in [6, 6.07) is 9.35. The number of benzene rings is 2. The molecular formula is C29H26F5N5O3. The van der Waals surface area contributed by atoms with Crippen LogP contribution in [0, 0.1) is 17.2 Å². The van der Waals surface area contributed by atoms with Crippen molar-refractivity contribution in [2.24, 2.45) is 5.92 Å². The number of carbonyl (C=O) groups excluding carboxylic acids is 2. The number of nitrogens with one attached hydrogen (secondary N) is 2. The fourth-order valence-electron chi connectivity index (χ4n) is 5.27.